The van der Waals surface area contributed by atoms with Crippen molar-refractivity contribution in [2.75, 3.05) is 12.4 Å². The molecule has 3 nitrogen and oxygen atoms in total. The standard InChI is InChI=1S/C15H12BrF2NO2/c1-21-15(20)12-4-2-11(18)7-14(12)19-8-9-6-10(17)3-5-13(9)16/h2-7,19H,8H2,1H3. The van der Waals surface area contributed by atoms with Crippen molar-refractivity contribution in [3.63, 3.8) is 0 Å². The summed E-state index contributed by atoms with van der Waals surface area (Å²) < 4.78 is 31.9. The normalized spacial score (nSPS) is 10.3. The number of anilines is 1. The van der Waals surface area contributed by atoms with Gasteiger partial charge in [-0.15, -0.1) is 0 Å². The van der Waals surface area contributed by atoms with Gasteiger partial charge in [0.25, 0.3) is 0 Å². The van der Waals surface area contributed by atoms with Gasteiger partial charge in [-0.3, -0.25) is 0 Å². The number of hydrogen-bond acceptors (Lipinski definition) is 3. The van der Waals surface area contributed by atoms with E-state index in [1.165, 1.54) is 37.4 Å². The third-order valence-corrected chi connectivity index (χ3v) is 3.64. The summed E-state index contributed by atoms with van der Waals surface area (Å²) in [4.78, 5) is 11.6. The molecular formula is C15H12BrF2NO2. The molecule has 0 unspecified atom stereocenters. The van der Waals surface area contributed by atoms with E-state index in [1.54, 1.807) is 6.07 Å². The van der Waals surface area contributed by atoms with E-state index in [1.807, 2.05) is 0 Å². The average molecular weight is 356 g/mol. The molecule has 2 rings (SSSR count). The number of esters is 1. The van der Waals surface area contributed by atoms with Gasteiger partial charge in [-0.05, 0) is 42.0 Å². The van der Waals surface area contributed by atoms with Crippen LogP contribution in [0.4, 0.5) is 14.5 Å². The van der Waals surface area contributed by atoms with E-state index in [-0.39, 0.29) is 23.6 Å². The SMILES string of the molecule is COC(=O)c1ccc(F)cc1NCc1cc(F)ccc1Br. The fourth-order valence-electron chi connectivity index (χ4n) is 1.82. The van der Waals surface area contributed by atoms with Gasteiger partial charge in [0.1, 0.15) is 11.6 Å². The first-order valence-electron chi connectivity index (χ1n) is 6.07. The quantitative estimate of drug-likeness (QED) is 0.838. The summed E-state index contributed by atoms with van der Waals surface area (Å²) in [5.41, 5.74) is 1.15. The highest BCUT2D eigenvalue weighted by atomic mass is 79.9. The van der Waals surface area contributed by atoms with Crippen LogP contribution in [0.1, 0.15) is 15.9 Å². The molecule has 110 valence electrons. The van der Waals surface area contributed by atoms with Gasteiger partial charge in [-0.1, -0.05) is 15.9 Å². The van der Waals surface area contributed by atoms with Crippen LogP contribution in [0.25, 0.3) is 0 Å². The molecule has 0 fully saturated rings. The maximum absolute atomic E-state index is 13.3. The van der Waals surface area contributed by atoms with Gasteiger partial charge >= 0.3 is 5.97 Å². The second-order valence-electron chi connectivity index (χ2n) is 4.27. The highest BCUT2D eigenvalue weighted by Gasteiger charge is 2.13. The van der Waals surface area contributed by atoms with Crippen molar-refractivity contribution in [1.82, 2.24) is 0 Å². The lowest BCUT2D eigenvalue weighted by Gasteiger charge is -2.12. The lowest BCUT2D eigenvalue weighted by atomic mass is 10.1. The maximum Gasteiger partial charge on any atom is 0.339 e. The Morgan fingerprint density at radius 1 is 1.19 bits per heavy atom. The third-order valence-electron chi connectivity index (χ3n) is 2.86. The highest BCUT2D eigenvalue weighted by Crippen LogP contribution is 2.22. The van der Waals surface area contributed by atoms with Crippen molar-refractivity contribution in [2.45, 2.75) is 6.54 Å². The van der Waals surface area contributed by atoms with Crippen molar-refractivity contribution in [3.05, 3.63) is 63.6 Å². The van der Waals surface area contributed by atoms with E-state index in [4.69, 9.17) is 0 Å². The number of carbonyl (C=O) groups excluding carboxylic acids is 1. The minimum Gasteiger partial charge on any atom is -0.465 e. The molecule has 0 radical (unpaired) electrons. The highest BCUT2D eigenvalue weighted by molar-refractivity contribution is 9.10. The lowest BCUT2D eigenvalue weighted by molar-refractivity contribution is 0.0601. The Hall–Kier alpha value is -1.95. The molecule has 21 heavy (non-hydrogen) atoms. The summed E-state index contributed by atoms with van der Waals surface area (Å²) in [6.07, 6.45) is 0. The van der Waals surface area contributed by atoms with Gasteiger partial charge < -0.3 is 10.1 Å². The Morgan fingerprint density at radius 3 is 2.57 bits per heavy atom. The zero-order valence-electron chi connectivity index (χ0n) is 11.1. The Balaban J connectivity index is 2.25. The summed E-state index contributed by atoms with van der Waals surface area (Å²) in [7, 11) is 1.25. The summed E-state index contributed by atoms with van der Waals surface area (Å²) in [6.45, 7) is 0.228. The molecule has 0 saturated heterocycles. The van der Waals surface area contributed by atoms with Crippen molar-refractivity contribution in [1.29, 1.82) is 0 Å². The second-order valence-corrected chi connectivity index (χ2v) is 5.13. The topological polar surface area (TPSA) is 38.3 Å². The van der Waals surface area contributed by atoms with Crippen molar-refractivity contribution < 1.29 is 18.3 Å². The van der Waals surface area contributed by atoms with Crippen molar-refractivity contribution in [2.24, 2.45) is 0 Å². The lowest BCUT2D eigenvalue weighted by Crippen LogP contribution is -2.09. The molecule has 0 aromatic heterocycles. The molecule has 0 amide bonds. The summed E-state index contributed by atoms with van der Waals surface area (Å²) in [5.74, 6) is -1.43. The Bertz CT molecular complexity index is 677. The summed E-state index contributed by atoms with van der Waals surface area (Å²) in [6, 6.07) is 7.97. The van der Waals surface area contributed by atoms with Crippen LogP contribution >= 0.6 is 15.9 Å². The number of ether oxygens (including phenoxy) is 1. The fraction of sp³-hybridized carbons (Fsp3) is 0.133. The molecule has 0 saturated carbocycles. The number of carbonyl (C=O) groups is 1. The first-order chi connectivity index (χ1) is 10.0. The first-order valence-corrected chi connectivity index (χ1v) is 6.86. The zero-order chi connectivity index (χ0) is 15.4. The van der Waals surface area contributed by atoms with E-state index in [9.17, 15) is 13.6 Å². The monoisotopic (exact) mass is 355 g/mol. The molecule has 0 aliphatic carbocycles. The molecule has 2 aromatic rings. The Labute approximate surface area is 129 Å². The van der Waals surface area contributed by atoms with E-state index < -0.39 is 11.8 Å². The van der Waals surface area contributed by atoms with E-state index in [0.29, 0.717) is 10.0 Å². The Kier molecular flexibility index (Phi) is 4.90. The summed E-state index contributed by atoms with van der Waals surface area (Å²) >= 11 is 3.31. The van der Waals surface area contributed by atoms with Gasteiger partial charge in [0.15, 0.2) is 0 Å². The first kappa shape index (κ1) is 15.4. The van der Waals surface area contributed by atoms with Crippen LogP contribution in [-0.2, 0) is 11.3 Å². The molecule has 0 aliphatic rings. The number of nitrogens with one attached hydrogen (secondary N) is 1. The Morgan fingerprint density at radius 2 is 1.86 bits per heavy atom. The minimum absolute atomic E-state index is 0.214. The maximum atomic E-state index is 13.3. The number of rotatable bonds is 4. The van der Waals surface area contributed by atoms with Gasteiger partial charge in [0.2, 0.25) is 0 Å². The van der Waals surface area contributed by atoms with Gasteiger partial charge in [-0.25, -0.2) is 13.6 Å². The molecule has 0 bridgehead atoms. The van der Waals surface area contributed by atoms with Crippen LogP contribution < -0.4 is 5.32 Å². The van der Waals surface area contributed by atoms with Crippen LogP contribution in [0, 0.1) is 11.6 Å². The third kappa shape index (κ3) is 3.78. The number of halogens is 3. The number of benzene rings is 2. The van der Waals surface area contributed by atoms with Crippen LogP contribution in [0.2, 0.25) is 0 Å². The molecule has 1 N–H and O–H groups in total. The van der Waals surface area contributed by atoms with E-state index in [0.717, 1.165) is 0 Å². The molecule has 2 aromatic carbocycles. The van der Waals surface area contributed by atoms with Crippen LogP contribution in [0.15, 0.2) is 40.9 Å². The van der Waals surface area contributed by atoms with E-state index in [2.05, 4.69) is 26.0 Å². The van der Waals surface area contributed by atoms with Crippen LogP contribution in [0.5, 0.6) is 0 Å². The molecule has 0 heterocycles. The van der Waals surface area contributed by atoms with E-state index >= 15 is 0 Å². The van der Waals surface area contributed by atoms with Gasteiger partial charge in [0, 0.05) is 11.0 Å². The predicted octanol–water partition coefficient (Wildman–Crippen LogP) is 4.13. The summed E-state index contributed by atoms with van der Waals surface area (Å²) in [5, 5.41) is 2.92. The minimum atomic E-state index is -0.573. The van der Waals surface area contributed by atoms with Gasteiger partial charge in [-0.2, -0.15) is 0 Å². The van der Waals surface area contributed by atoms with Crippen molar-refractivity contribution in [3.8, 4) is 0 Å². The fourth-order valence-corrected chi connectivity index (χ4v) is 2.21. The predicted molar refractivity (Wildman–Crippen MR) is 79.2 cm³/mol. The zero-order valence-corrected chi connectivity index (χ0v) is 12.7. The molecular weight excluding hydrogens is 344 g/mol. The molecule has 0 atom stereocenters. The van der Waals surface area contributed by atoms with Crippen molar-refractivity contribution >= 4 is 27.6 Å². The number of hydrogen-bond donors (Lipinski definition) is 1. The number of methoxy groups -OCH3 is 1. The van der Waals surface area contributed by atoms with Gasteiger partial charge in [0.05, 0.1) is 18.4 Å². The van der Waals surface area contributed by atoms with Crippen LogP contribution in [0.3, 0.4) is 0 Å². The van der Waals surface area contributed by atoms with Crippen LogP contribution in [-0.4, -0.2) is 13.1 Å². The second kappa shape index (κ2) is 6.67. The molecule has 0 aliphatic heterocycles. The molecule has 6 heteroatoms. The smallest absolute Gasteiger partial charge is 0.339 e. The largest absolute Gasteiger partial charge is 0.465 e. The molecule has 0 spiro atoms. The average Bonchev–Trinajstić information content (AvgIpc) is 2.47.